The Balaban J connectivity index is 1.90. The van der Waals surface area contributed by atoms with Gasteiger partial charge in [-0.2, -0.15) is 4.98 Å². The molecule has 0 unspecified atom stereocenters. The Kier molecular flexibility index (Phi) is 5.49. The molecule has 0 amide bonds. The molecule has 2 aromatic rings. The summed E-state index contributed by atoms with van der Waals surface area (Å²) in [6.07, 6.45) is 2.75. The number of aromatic nitrogens is 2. The maximum atomic E-state index is 13.5. The van der Waals surface area contributed by atoms with Crippen molar-refractivity contribution < 1.29 is 4.39 Å². The molecule has 0 aliphatic heterocycles. The van der Waals surface area contributed by atoms with Gasteiger partial charge in [-0.1, -0.05) is 32.0 Å². The molecule has 2 rings (SSSR count). The second kappa shape index (κ2) is 7.57. The monoisotopic (exact) mass is 288 g/mol. The summed E-state index contributed by atoms with van der Waals surface area (Å²) in [4.78, 5) is 8.53. The van der Waals surface area contributed by atoms with Crippen molar-refractivity contribution in [3.8, 4) is 0 Å². The predicted molar refractivity (Wildman–Crippen MR) is 83.7 cm³/mol. The van der Waals surface area contributed by atoms with Crippen molar-refractivity contribution in [1.82, 2.24) is 9.97 Å². The fraction of sp³-hybridized carbons (Fsp3) is 0.375. The number of nitrogens with zero attached hydrogens (tertiary/aromatic N) is 2. The van der Waals surface area contributed by atoms with Gasteiger partial charge in [0.05, 0.1) is 0 Å². The number of halogens is 1. The minimum absolute atomic E-state index is 0.214. The van der Waals surface area contributed by atoms with Gasteiger partial charge in [0.2, 0.25) is 5.95 Å². The Morgan fingerprint density at radius 3 is 2.71 bits per heavy atom. The molecule has 5 heteroatoms. The van der Waals surface area contributed by atoms with E-state index in [4.69, 9.17) is 0 Å². The molecule has 0 saturated heterocycles. The van der Waals surface area contributed by atoms with Gasteiger partial charge in [0.15, 0.2) is 0 Å². The van der Waals surface area contributed by atoms with E-state index in [1.54, 1.807) is 24.4 Å². The number of nitrogens with one attached hydrogen (secondary N) is 2. The zero-order valence-electron chi connectivity index (χ0n) is 12.4. The lowest BCUT2D eigenvalue weighted by Gasteiger charge is -2.09. The molecule has 112 valence electrons. The van der Waals surface area contributed by atoms with Crippen molar-refractivity contribution in [3.63, 3.8) is 0 Å². The quantitative estimate of drug-likeness (QED) is 0.816. The number of hydrogen-bond donors (Lipinski definition) is 2. The summed E-state index contributed by atoms with van der Waals surface area (Å²) in [7, 11) is 0. The average molecular weight is 288 g/mol. The van der Waals surface area contributed by atoms with Gasteiger partial charge in [0.25, 0.3) is 0 Å². The van der Waals surface area contributed by atoms with Gasteiger partial charge in [-0.3, -0.25) is 0 Å². The fourth-order valence-electron chi connectivity index (χ4n) is 1.84. The lowest BCUT2D eigenvalue weighted by molar-refractivity contribution is 0.606. The lowest BCUT2D eigenvalue weighted by atomic mass is 10.1. The van der Waals surface area contributed by atoms with Crippen LogP contribution in [0.2, 0.25) is 0 Å². The third kappa shape index (κ3) is 5.02. The Morgan fingerprint density at radius 1 is 1.14 bits per heavy atom. The first kappa shape index (κ1) is 15.2. The molecule has 2 N–H and O–H groups in total. The highest BCUT2D eigenvalue weighted by Crippen LogP contribution is 2.11. The van der Waals surface area contributed by atoms with Crippen LogP contribution in [0.25, 0.3) is 0 Å². The summed E-state index contributed by atoms with van der Waals surface area (Å²) < 4.78 is 13.5. The Labute approximate surface area is 124 Å². The van der Waals surface area contributed by atoms with E-state index in [2.05, 4.69) is 34.4 Å². The predicted octanol–water partition coefficient (Wildman–Crippen LogP) is 3.69. The van der Waals surface area contributed by atoms with Gasteiger partial charge in [-0.05, 0) is 24.5 Å². The van der Waals surface area contributed by atoms with Crippen LogP contribution < -0.4 is 10.6 Å². The molecule has 1 aromatic carbocycles. The fourth-order valence-corrected chi connectivity index (χ4v) is 1.84. The average Bonchev–Trinajstić information content (AvgIpc) is 2.46. The van der Waals surface area contributed by atoms with Gasteiger partial charge in [-0.15, -0.1) is 0 Å². The van der Waals surface area contributed by atoms with Crippen LogP contribution in [0.5, 0.6) is 0 Å². The van der Waals surface area contributed by atoms with Gasteiger partial charge >= 0.3 is 0 Å². The van der Waals surface area contributed by atoms with Gasteiger partial charge in [0, 0.05) is 24.8 Å². The van der Waals surface area contributed by atoms with Crippen LogP contribution >= 0.6 is 0 Å². The molecule has 4 nitrogen and oxygen atoms in total. The van der Waals surface area contributed by atoms with Crippen molar-refractivity contribution in [1.29, 1.82) is 0 Å². The van der Waals surface area contributed by atoms with E-state index < -0.39 is 0 Å². The van der Waals surface area contributed by atoms with Crippen LogP contribution in [0.3, 0.4) is 0 Å². The smallest absolute Gasteiger partial charge is 0.224 e. The van der Waals surface area contributed by atoms with E-state index in [-0.39, 0.29) is 5.82 Å². The third-order valence-electron chi connectivity index (χ3n) is 3.08. The van der Waals surface area contributed by atoms with E-state index in [9.17, 15) is 4.39 Å². The second-order valence-electron chi connectivity index (χ2n) is 5.32. The first-order valence-electron chi connectivity index (χ1n) is 7.19. The minimum atomic E-state index is -0.214. The molecule has 1 aromatic heterocycles. The second-order valence-corrected chi connectivity index (χ2v) is 5.32. The van der Waals surface area contributed by atoms with E-state index in [0.29, 0.717) is 29.8 Å². The summed E-state index contributed by atoms with van der Waals surface area (Å²) in [5, 5.41) is 6.30. The lowest BCUT2D eigenvalue weighted by Crippen LogP contribution is -2.09. The Hall–Kier alpha value is -2.17. The SMILES string of the molecule is CC(C)CCNc1nccc(NCc2ccccc2F)n1. The number of hydrogen-bond acceptors (Lipinski definition) is 4. The van der Waals surface area contributed by atoms with E-state index in [1.165, 1.54) is 6.07 Å². The van der Waals surface area contributed by atoms with Gasteiger partial charge in [-0.25, -0.2) is 9.37 Å². The van der Waals surface area contributed by atoms with Crippen molar-refractivity contribution in [2.75, 3.05) is 17.2 Å². The zero-order valence-corrected chi connectivity index (χ0v) is 12.4. The molecular weight excluding hydrogens is 267 g/mol. The van der Waals surface area contributed by atoms with Crippen molar-refractivity contribution in [3.05, 3.63) is 47.9 Å². The maximum absolute atomic E-state index is 13.5. The highest BCUT2D eigenvalue weighted by molar-refractivity contribution is 5.40. The normalized spacial score (nSPS) is 10.7. The van der Waals surface area contributed by atoms with Crippen molar-refractivity contribution >= 4 is 11.8 Å². The minimum Gasteiger partial charge on any atom is -0.366 e. The maximum Gasteiger partial charge on any atom is 0.224 e. The molecule has 0 bridgehead atoms. The van der Waals surface area contributed by atoms with Crippen molar-refractivity contribution in [2.45, 2.75) is 26.8 Å². The van der Waals surface area contributed by atoms with Gasteiger partial charge in [0.1, 0.15) is 11.6 Å². The Morgan fingerprint density at radius 2 is 1.95 bits per heavy atom. The first-order chi connectivity index (χ1) is 10.1. The topological polar surface area (TPSA) is 49.8 Å². The standard InChI is InChI=1S/C16H21FN4/c1-12(2)7-9-18-16-19-10-8-15(21-16)20-11-13-5-3-4-6-14(13)17/h3-6,8,10,12H,7,9,11H2,1-2H3,(H2,18,19,20,21). The molecule has 0 saturated carbocycles. The molecule has 0 aliphatic carbocycles. The molecule has 21 heavy (non-hydrogen) atoms. The van der Waals surface area contributed by atoms with Crippen LogP contribution in [-0.4, -0.2) is 16.5 Å². The van der Waals surface area contributed by atoms with Crippen molar-refractivity contribution in [2.24, 2.45) is 5.92 Å². The number of benzene rings is 1. The summed E-state index contributed by atoms with van der Waals surface area (Å²) in [5.74, 6) is 1.70. The third-order valence-corrected chi connectivity index (χ3v) is 3.08. The Bertz CT molecular complexity index is 572. The van der Waals surface area contributed by atoms with E-state index >= 15 is 0 Å². The van der Waals surface area contributed by atoms with Crippen LogP contribution in [0, 0.1) is 11.7 Å². The first-order valence-corrected chi connectivity index (χ1v) is 7.19. The molecule has 0 radical (unpaired) electrons. The van der Waals surface area contributed by atoms with Crippen LogP contribution in [0.1, 0.15) is 25.8 Å². The van der Waals surface area contributed by atoms with Gasteiger partial charge < -0.3 is 10.6 Å². The van der Waals surface area contributed by atoms with Crippen LogP contribution in [0.4, 0.5) is 16.2 Å². The van der Waals surface area contributed by atoms with Crippen LogP contribution in [-0.2, 0) is 6.54 Å². The number of rotatable bonds is 7. The van der Waals surface area contributed by atoms with E-state index in [0.717, 1.165) is 13.0 Å². The summed E-state index contributed by atoms with van der Waals surface area (Å²) in [6, 6.07) is 8.48. The summed E-state index contributed by atoms with van der Waals surface area (Å²) in [6.45, 7) is 5.59. The number of anilines is 2. The molecule has 0 aliphatic rings. The molecule has 1 heterocycles. The highest BCUT2D eigenvalue weighted by atomic mass is 19.1. The molecule has 0 fully saturated rings. The largest absolute Gasteiger partial charge is 0.366 e. The van der Waals surface area contributed by atoms with E-state index in [1.807, 2.05) is 6.07 Å². The summed E-state index contributed by atoms with van der Waals surface area (Å²) in [5.41, 5.74) is 0.616. The molecule has 0 atom stereocenters. The van der Waals surface area contributed by atoms with Crippen LogP contribution in [0.15, 0.2) is 36.5 Å². The molecule has 0 spiro atoms. The summed E-state index contributed by atoms with van der Waals surface area (Å²) >= 11 is 0. The zero-order chi connectivity index (χ0) is 15.1. The highest BCUT2D eigenvalue weighted by Gasteiger charge is 2.02. The molecular formula is C16H21FN4.